The third-order valence-electron chi connectivity index (χ3n) is 5.05. The van der Waals surface area contributed by atoms with Crippen molar-refractivity contribution in [2.24, 2.45) is 0 Å². The number of rotatable bonds is 10. The first-order chi connectivity index (χ1) is 14.9. The Hall–Kier alpha value is -2.84. The van der Waals surface area contributed by atoms with Gasteiger partial charge in [0.2, 0.25) is 5.78 Å². The summed E-state index contributed by atoms with van der Waals surface area (Å²) in [5.41, 5.74) is 0.771. The molecule has 0 spiro atoms. The Kier molecular flexibility index (Phi) is 7.35. The first kappa shape index (κ1) is 22.8. The highest BCUT2D eigenvalue weighted by molar-refractivity contribution is 7.12. The number of carbonyl (C=O) groups is 2. The molecule has 166 valence electrons. The van der Waals surface area contributed by atoms with E-state index >= 15 is 0 Å². The van der Waals surface area contributed by atoms with E-state index in [1.54, 1.807) is 36.8 Å². The molecule has 1 amide bonds. The average Bonchev–Trinajstić information content (AvgIpc) is 3.38. The second-order valence-corrected chi connectivity index (χ2v) is 8.48. The van der Waals surface area contributed by atoms with Crippen LogP contribution < -0.4 is 9.47 Å². The third-order valence-corrected chi connectivity index (χ3v) is 5.92. The molecule has 1 aliphatic rings. The summed E-state index contributed by atoms with van der Waals surface area (Å²) in [4.78, 5) is 30.1. The molecule has 7 nitrogen and oxygen atoms in total. The fourth-order valence-electron chi connectivity index (χ4n) is 3.50. The summed E-state index contributed by atoms with van der Waals surface area (Å²) in [6.45, 7) is 3.52. The van der Waals surface area contributed by atoms with Gasteiger partial charge in [-0.2, -0.15) is 0 Å². The Morgan fingerprint density at radius 3 is 2.65 bits per heavy atom. The molecule has 3 rings (SSSR count). The zero-order valence-electron chi connectivity index (χ0n) is 18.3. The van der Waals surface area contributed by atoms with Gasteiger partial charge in [-0.25, -0.2) is 0 Å². The highest BCUT2D eigenvalue weighted by Gasteiger charge is 2.44. The number of thiophene rings is 1. The molecule has 1 aliphatic heterocycles. The Bertz CT molecular complexity index is 968. The number of ether oxygens (including phenoxy) is 2. The number of hydrogen-bond acceptors (Lipinski definition) is 7. The number of methoxy groups -OCH3 is 1. The molecule has 0 saturated heterocycles. The maximum Gasteiger partial charge on any atom is 0.290 e. The Labute approximate surface area is 186 Å². The highest BCUT2D eigenvalue weighted by atomic mass is 32.1. The van der Waals surface area contributed by atoms with Crippen LogP contribution in [0.25, 0.3) is 0 Å². The normalized spacial score (nSPS) is 16.4. The van der Waals surface area contributed by atoms with Crippen LogP contribution in [0.2, 0.25) is 0 Å². The molecule has 8 heteroatoms. The van der Waals surface area contributed by atoms with Gasteiger partial charge in [0.15, 0.2) is 17.3 Å². The zero-order chi connectivity index (χ0) is 22.5. The van der Waals surface area contributed by atoms with Crippen LogP contribution in [0.3, 0.4) is 0 Å². The number of aliphatic hydroxyl groups is 1. The molecule has 0 fully saturated rings. The fourth-order valence-corrected chi connectivity index (χ4v) is 4.17. The van der Waals surface area contributed by atoms with Gasteiger partial charge in [0, 0.05) is 13.1 Å². The molecular weight excluding hydrogens is 416 g/mol. The summed E-state index contributed by atoms with van der Waals surface area (Å²) in [6.07, 6.45) is 0.858. The van der Waals surface area contributed by atoms with Crippen LogP contribution in [0.4, 0.5) is 0 Å². The number of benzene rings is 1. The van der Waals surface area contributed by atoms with E-state index in [1.807, 2.05) is 32.0 Å². The van der Waals surface area contributed by atoms with Crippen LogP contribution in [-0.2, 0) is 4.79 Å². The monoisotopic (exact) mass is 444 g/mol. The van der Waals surface area contributed by atoms with Crippen molar-refractivity contribution in [3.05, 3.63) is 57.5 Å². The van der Waals surface area contributed by atoms with Gasteiger partial charge in [-0.1, -0.05) is 19.1 Å². The first-order valence-corrected chi connectivity index (χ1v) is 11.0. The molecule has 2 heterocycles. The summed E-state index contributed by atoms with van der Waals surface area (Å²) in [5.74, 6) is -0.273. The van der Waals surface area contributed by atoms with Gasteiger partial charge in [-0.15, -0.1) is 11.3 Å². The quantitative estimate of drug-likeness (QED) is 0.563. The van der Waals surface area contributed by atoms with Crippen LogP contribution in [0.15, 0.2) is 47.0 Å². The minimum Gasteiger partial charge on any atom is -0.503 e. The summed E-state index contributed by atoms with van der Waals surface area (Å²) in [5, 5.41) is 12.5. The summed E-state index contributed by atoms with van der Waals surface area (Å²) >= 11 is 1.28. The van der Waals surface area contributed by atoms with E-state index < -0.39 is 17.7 Å². The lowest BCUT2D eigenvalue weighted by Gasteiger charge is -2.28. The summed E-state index contributed by atoms with van der Waals surface area (Å²) < 4.78 is 11.2. The maximum atomic E-state index is 13.2. The summed E-state index contributed by atoms with van der Waals surface area (Å²) in [7, 11) is 5.36. The van der Waals surface area contributed by atoms with Crippen molar-refractivity contribution in [2.75, 3.05) is 40.9 Å². The van der Waals surface area contributed by atoms with E-state index in [4.69, 9.17) is 9.47 Å². The van der Waals surface area contributed by atoms with Crippen molar-refractivity contribution in [3.8, 4) is 11.5 Å². The van der Waals surface area contributed by atoms with Crippen molar-refractivity contribution < 1.29 is 24.2 Å². The molecule has 1 N–H and O–H groups in total. The van der Waals surface area contributed by atoms with Gasteiger partial charge in [0.25, 0.3) is 5.91 Å². The number of carbonyl (C=O) groups excluding carboxylic acids is 2. The number of aliphatic hydroxyl groups excluding tert-OH is 1. The van der Waals surface area contributed by atoms with E-state index in [0.717, 1.165) is 6.42 Å². The predicted octanol–water partition coefficient (Wildman–Crippen LogP) is 3.69. The molecule has 31 heavy (non-hydrogen) atoms. The van der Waals surface area contributed by atoms with Gasteiger partial charge in [0.1, 0.15) is 0 Å². The average molecular weight is 445 g/mol. The number of Topliss-reactive ketones (excluding diaryl/α,β-unsaturated/α-hetero) is 1. The lowest BCUT2D eigenvalue weighted by atomic mass is 9.95. The molecule has 0 unspecified atom stereocenters. The second kappa shape index (κ2) is 9.98. The lowest BCUT2D eigenvalue weighted by molar-refractivity contribution is -0.129. The largest absolute Gasteiger partial charge is 0.503 e. The number of likely N-dealkylation sites (N-methyl/N-ethyl adjacent to an activating group) is 1. The molecule has 1 aromatic heterocycles. The van der Waals surface area contributed by atoms with Gasteiger partial charge >= 0.3 is 0 Å². The maximum absolute atomic E-state index is 13.2. The molecule has 1 atom stereocenters. The predicted molar refractivity (Wildman–Crippen MR) is 120 cm³/mol. The lowest BCUT2D eigenvalue weighted by Crippen LogP contribution is -2.36. The minimum absolute atomic E-state index is 0.0930. The van der Waals surface area contributed by atoms with E-state index in [9.17, 15) is 14.7 Å². The topological polar surface area (TPSA) is 79.3 Å². The van der Waals surface area contributed by atoms with Gasteiger partial charge < -0.3 is 24.4 Å². The van der Waals surface area contributed by atoms with E-state index in [-0.39, 0.29) is 11.4 Å². The van der Waals surface area contributed by atoms with E-state index in [2.05, 4.69) is 0 Å². The molecule has 0 radical (unpaired) electrons. The van der Waals surface area contributed by atoms with Crippen molar-refractivity contribution >= 4 is 23.0 Å². The zero-order valence-corrected chi connectivity index (χ0v) is 19.1. The SMILES string of the molecule is CCCOc1ccc([C@H]2C(C(=O)c3cccs3)=C(O)C(=O)N2CCN(C)C)cc1OC. The molecule has 0 aliphatic carbocycles. The third kappa shape index (κ3) is 4.75. The first-order valence-electron chi connectivity index (χ1n) is 10.2. The fraction of sp³-hybridized carbons (Fsp3) is 0.391. The molecule has 0 saturated carbocycles. The van der Waals surface area contributed by atoms with Crippen molar-refractivity contribution in [1.82, 2.24) is 9.80 Å². The van der Waals surface area contributed by atoms with Crippen LogP contribution >= 0.6 is 11.3 Å². The van der Waals surface area contributed by atoms with Crippen LogP contribution in [0.1, 0.15) is 34.6 Å². The Morgan fingerprint density at radius 1 is 1.26 bits per heavy atom. The van der Waals surface area contributed by atoms with Crippen LogP contribution in [0.5, 0.6) is 11.5 Å². The van der Waals surface area contributed by atoms with Crippen molar-refractivity contribution in [2.45, 2.75) is 19.4 Å². The molecule has 2 aromatic rings. The van der Waals surface area contributed by atoms with Crippen LogP contribution in [0, 0.1) is 0 Å². The number of hydrogen-bond donors (Lipinski definition) is 1. The molecular formula is C23H28N2O5S. The van der Waals surface area contributed by atoms with Crippen LogP contribution in [-0.4, -0.2) is 67.5 Å². The smallest absolute Gasteiger partial charge is 0.290 e. The Morgan fingerprint density at radius 2 is 2.03 bits per heavy atom. The molecule has 0 bridgehead atoms. The highest BCUT2D eigenvalue weighted by Crippen LogP contribution is 2.42. The Balaban J connectivity index is 2.06. The van der Waals surface area contributed by atoms with Crippen molar-refractivity contribution in [3.63, 3.8) is 0 Å². The van der Waals surface area contributed by atoms with Crippen molar-refractivity contribution in [1.29, 1.82) is 0 Å². The van der Waals surface area contributed by atoms with E-state index in [1.165, 1.54) is 16.2 Å². The van der Waals surface area contributed by atoms with Gasteiger partial charge in [0.05, 0.1) is 30.2 Å². The number of amides is 1. The van der Waals surface area contributed by atoms with Gasteiger partial charge in [-0.3, -0.25) is 9.59 Å². The number of nitrogens with zero attached hydrogens (tertiary/aromatic N) is 2. The van der Waals surface area contributed by atoms with Gasteiger partial charge in [-0.05, 0) is 49.7 Å². The molecule has 1 aromatic carbocycles. The standard InChI is InChI=1S/C23H28N2O5S/c1-5-12-30-16-9-8-15(14-17(16)29-4)20-19(21(26)18-7-6-13-31-18)22(27)23(28)25(20)11-10-24(2)3/h6-9,13-14,20,27H,5,10-12H2,1-4H3/t20-/m0/s1. The van der Waals surface area contributed by atoms with E-state index in [0.29, 0.717) is 41.6 Å². The minimum atomic E-state index is -0.712. The number of ketones is 1. The second-order valence-electron chi connectivity index (χ2n) is 7.53. The summed E-state index contributed by atoms with van der Waals surface area (Å²) in [6, 6.07) is 8.12.